The zero-order valence-corrected chi connectivity index (χ0v) is 40.5. The summed E-state index contributed by atoms with van der Waals surface area (Å²) in [4.78, 5) is 28.6. The van der Waals surface area contributed by atoms with Crippen LogP contribution in [0.1, 0.15) is 137 Å². The summed E-state index contributed by atoms with van der Waals surface area (Å²) >= 11 is 0. The average molecular weight is 930 g/mol. The average Bonchev–Trinajstić information content (AvgIpc) is 3.64. The monoisotopic (exact) mass is 930 g/mol. The quantitative estimate of drug-likeness (QED) is 0.123. The summed E-state index contributed by atoms with van der Waals surface area (Å²) in [6.45, 7) is 10.7. The van der Waals surface area contributed by atoms with Crippen molar-refractivity contribution in [2.45, 2.75) is 153 Å². The molecule has 9 unspecified atom stereocenters. The molecular formula is C57H75N3O8. The molecular weight excluding hydrogens is 855 g/mol. The number of aryl methyl sites for hydroxylation is 2. The lowest BCUT2D eigenvalue weighted by Crippen LogP contribution is -2.59. The first kappa shape index (κ1) is 51.4. The summed E-state index contributed by atoms with van der Waals surface area (Å²) in [5, 5.41) is 64.9. The third-order valence-electron chi connectivity index (χ3n) is 15.7. The first-order valence-electron chi connectivity index (χ1n) is 25.0. The van der Waals surface area contributed by atoms with Crippen LogP contribution >= 0.6 is 0 Å². The predicted octanol–water partition coefficient (Wildman–Crippen LogP) is 6.56. The Morgan fingerprint density at radius 1 is 0.971 bits per heavy atom. The Morgan fingerprint density at radius 2 is 1.78 bits per heavy atom. The fourth-order valence-corrected chi connectivity index (χ4v) is 12.0. The molecule has 366 valence electrons. The zero-order chi connectivity index (χ0) is 48.6. The third kappa shape index (κ3) is 11.7. The van der Waals surface area contributed by atoms with E-state index in [0.717, 1.165) is 46.3 Å². The zero-order valence-electron chi connectivity index (χ0n) is 40.5. The molecule has 11 nitrogen and oxygen atoms in total. The number of rotatable bonds is 4. The first-order chi connectivity index (χ1) is 32.6. The van der Waals surface area contributed by atoms with E-state index in [9.17, 15) is 35.1 Å². The van der Waals surface area contributed by atoms with Crippen LogP contribution < -0.4 is 16.4 Å². The van der Waals surface area contributed by atoms with Crippen LogP contribution in [0.15, 0.2) is 95.1 Å². The Bertz CT molecular complexity index is 2370. The normalized spacial score (nSPS) is 31.5. The van der Waals surface area contributed by atoms with E-state index < -0.39 is 47.5 Å². The second-order valence-corrected chi connectivity index (χ2v) is 20.4. The molecule has 2 aromatic carbocycles. The number of ketones is 1. The number of carbonyl (C=O) groups is 2. The SMILES string of the molecule is C=C1C=CC=C(C2CCC3(C4CCC(O)Cc5cc(CCCO)cc(c5)CCC(O)CNC5C(=O)NC(N)c6cccc(c65)CC(=O)C(C)=C4CCC3(C)O)C2O)COCC#CCC(C)=CCC1. The number of nitrogens with two attached hydrogens (primary N) is 1. The Labute approximate surface area is 403 Å². The maximum atomic E-state index is 14.9. The van der Waals surface area contributed by atoms with Gasteiger partial charge in [0, 0.05) is 37.3 Å². The number of nitrogens with one attached hydrogen (secondary N) is 2. The number of hydrogen-bond donors (Lipinski definition) is 8. The van der Waals surface area contributed by atoms with Gasteiger partial charge in [-0.2, -0.15) is 0 Å². The van der Waals surface area contributed by atoms with Gasteiger partial charge < -0.3 is 41.3 Å². The summed E-state index contributed by atoms with van der Waals surface area (Å²) < 4.78 is 6.17. The number of allylic oxidation sites excluding steroid dienone is 8. The molecule has 2 fully saturated rings. The van der Waals surface area contributed by atoms with Gasteiger partial charge in [-0.05, 0) is 155 Å². The standard InChI is InChI=1S/C57H75N3O8/c1-36-11-5-6-28-68-35-43(17-8-14-37(2)13-7-12-36)47-24-26-57(53(47)65)49-22-21-44(62)32-41-30-39(15-10-27-61)29-40(31-41)19-20-45(63)34-59-52-51-42(16-9-18-48(51)54(58)60-55(52)66)33-50(64)38(3)46(49)23-25-56(57,4)67/h8-9,12,14,16-18,29-31,44-45,47,49,52-54,59,61-63,65,67H,2,7,10-11,13,15,19-28,32-35,58H2,1,3-4H3,(H,60,66). The molecule has 0 saturated heterocycles. The number of Topliss-reactive ketones (excluding diaryl/α,β-unsaturated/α-hetero) is 1. The minimum Gasteiger partial charge on any atom is -0.396 e. The second kappa shape index (κ2) is 23.0. The molecule has 1 amide bonds. The van der Waals surface area contributed by atoms with Crippen LogP contribution in [-0.2, 0) is 40.0 Å². The number of aliphatic hydroxyl groups is 5. The fourth-order valence-electron chi connectivity index (χ4n) is 12.0. The van der Waals surface area contributed by atoms with Crippen molar-refractivity contribution in [3.8, 4) is 11.8 Å². The number of benzene rings is 2. The number of aliphatic hydroxyl groups excluding tert-OH is 4. The van der Waals surface area contributed by atoms with Crippen molar-refractivity contribution >= 4 is 11.7 Å². The summed E-state index contributed by atoms with van der Waals surface area (Å²) in [7, 11) is 0. The van der Waals surface area contributed by atoms with Crippen LogP contribution in [0.3, 0.4) is 0 Å². The van der Waals surface area contributed by atoms with Crippen molar-refractivity contribution in [3.05, 3.63) is 129 Å². The van der Waals surface area contributed by atoms with Gasteiger partial charge >= 0.3 is 0 Å². The molecule has 9 atom stereocenters. The number of β-amino-alcohol motifs (C(OH)–C–C–N with tert-alkyl or cyclic N) is 1. The van der Waals surface area contributed by atoms with E-state index in [2.05, 4.69) is 60.3 Å². The minimum absolute atomic E-state index is 0.00318. The topological polar surface area (TPSA) is 195 Å². The lowest BCUT2D eigenvalue weighted by atomic mass is 9.52. The number of fused-ring (bicyclic) bond motifs is 4. The molecule has 5 aliphatic rings. The maximum Gasteiger partial charge on any atom is 0.243 e. The largest absolute Gasteiger partial charge is 0.396 e. The lowest BCUT2D eigenvalue weighted by Gasteiger charge is -2.56. The molecule has 1 spiro atoms. The van der Waals surface area contributed by atoms with Crippen LogP contribution in [0.4, 0.5) is 0 Å². The van der Waals surface area contributed by atoms with Crippen LogP contribution in [0.2, 0.25) is 0 Å². The van der Waals surface area contributed by atoms with Crippen molar-refractivity contribution in [1.29, 1.82) is 0 Å². The van der Waals surface area contributed by atoms with E-state index in [1.807, 2.05) is 50.3 Å². The highest BCUT2D eigenvalue weighted by molar-refractivity contribution is 5.98. The molecule has 2 aliphatic carbocycles. The van der Waals surface area contributed by atoms with Crippen LogP contribution in [0.5, 0.6) is 0 Å². The fraction of sp³-hybridized carbons (Fsp3) is 0.544. The van der Waals surface area contributed by atoms with Gasteiger partial charge in [-0.1, -0.05) is 95.8 Å². The Kier molecular flexibility index (Phi) is 17.3. The van der Waals surface area contributed by atoms with Crippen LogP contribution in [0, 0.1) is 29.1 Å². The van der Waals surface area contributed by atoms with E-state index in [0.29, 0.717) is 99.3 Å². The molecule has 0 radical (unpaired) electrons. The van der Waals surface area contributed by atoms with Crippen LogP contribution in [-0.4, -0.2) is 87.5 Å². The molecule has 9 N–H and O–H groups in total. The van der Waals surface area contributed by atoms with E-state index >= 15 is 0 Å². The second-order valence-electron chi connectivity index (χ2n) is 20.4. The molecule has 68 heavy (non-hydrogen) atoms. The van der Waals surface area contributed by atoms with Crippen molar-refractivity contribution in [3.63, 3.8) is 0 Å². The van der Waals surface area contributed by atoms with Gasteiger partial charge in [-0.25, -0.2) is 0 Å². The van der Waals surface area contributed by atoms with Gasteiger partial charge in [0.05, 0.1) is 30.5 Å². The first-order valence-corrected chi connectivity index (χ1v) is 25.0. The predicted molar refractivity (Wildman–Crippen MR) is 266 cm³/mol. The molecule has 3 aliphatic heterocycles. The number of hydrogen-bond acceptors (Lipinski definition) is 10. The van der Waals surface area contributed by atoms with Gasteiger partial charge in [0.2, 0.25) is 5.91 Å². The Morgan fingerprint density at radius 3 is 2.59 bits per heavy atom. The Hall–Kier alpha value is -4.48. The summed E-state index contributed by atoms with van der Waals surface area (Å²) in [6, 6.07) is 11.0. The minimum atomic E-state index is -1.32. The highest BCUT2D eigenvalue weighted by Gasteiger charge is 2.64. The van der Waals surface area contributed by atoms with E-state index in [-0.39, 0.29) is 50.4 Å². The van der Waals surface area contributed by atoms with Crippen molar-refractivity contribution in [2.75, 3.05) is 26.4 Å². The van der Waals surface area contributed by atoms with E-state index in [4.69, 9.17) is 10.5 Å². The van der Waals surface area contributed by atoms with E-state index in [1.54, 1.807) is 0 Å². The summed E-state index contributed by atoms with van der Waals surface area (Å²) in [5.74, 6) is 5.08. The molecule has 0 aromatic heterocycles. The number of ether oxygens (including phenoxy) is 1. The smallest absolute Gasteiger partial charge is 0.243 e. The highest BCUT2D eigenvalue weighted by Crippen LogP contribution is 2.63. The third-order valence-corrected chi connectivity index (χ3v) is 15.7. The van der Waals surface area contributed by atoms with Gasteiger partial charge in [-0.15, -0.1) is 0 Å². The number of amides is 1. The summed E-state index contributed by atoms with van der Waals surface area (Å²) in [6.07, 6.45) is 12.4. The van der Waals surface area contributed by atoms with Crippen molar-refractivity contribution < 1.29 is 39.9 Å². The lowest BCUT2D eigenvalue weighted by molar-refractivity contribution is -0.168. The molecule has 2 aromatic rings. The van der Waals surface area contributed by atoms with Gasteiger partial charge in [0.15, 0.2) is 5.78 Å². The van der Waals surface area contributed by atoms with Crippen molar-refractivity contribution in [2.24, 2.45) is 23.0 Å². The molecule has 2 saturated carbocycles. The van der Waals surface area contributed by atoms with Gasteiger partial charge in [0.25, 0.3) is 0 Å². The van der Waals surface area contributed by atoms with Gasteiger partial charge in [0.1, 0.15) is 18.8 Å². The Balaban J connectivity index is 1.29. The van der Waals surface area contributed by atoms with Crippen molar-refractivity contribution in [1.82, 2.24) is 10.6 Å². The molecule has 11 heteroatoms. The van der Waals surface area contributed by atoms with E-state index in [1.165, 1.54) is 5.57 Å². The van der Waals surface area contributed by atoms with Crippen LogP contribution in [0.25, 0.3) is 0 Å². The summed E-state index contributed by atoms with van der Waals surface area (Å²) in [5.41, 5.74) is 13.7. The maximum absolute atomic E-state index is 14.9. The molecule has 3 heterocycles. The molecule has 2 bridgehead atoms. The molecule has 7 rings (SSSR count). The highest BCUT2D eigenvalue weighted by atomic mass is 16.5. The number of carbonyl (C=O) groups excluding carboxylic acids is 2. The van der Waals surface area contributed by atoms with Gasteiger partial charge in [-0.3, -0.25) is 14.9 Å².